The molecule has 0 saturated carbocycles. The lowest BCUT2D eigenvalue weighted by molar-refractivity contribution is -0.117. The summed E-state index contributed by atoms with van der Waals surface area (Å²) in [7, 11) is 0. The van der Waals surface area contributed by atoms with Crippen molar-refractivity contribution in [1.82, 2.24) is 19.8 Å². The van der Waals surface area contributed by atoms with Gasteiger partial charge in [-0.3, -0.25) is 19.5 Å². The first kappa shape index (κ1) is 19.1. The van der Waals surface area contributed by atoms with Gasteiger partial charge < -0.3 is 19.7 Å². The number of benzene rings is 1. The largest absolute Gasteiger partial charge is 0.490 e. The zero-order chi connectivity index (χ0) is 20.1. The molecule has 0 bridgehead atoms. The predicted octanol–water partition coefficient (Wildman–Crippen LogP) is 1.03. The number of carbonyl (C=O) groups is 2. The number of nitrogens with zero attached hydrogens (tertiary/aromatic N) is 4. The third-order valence-electron chi connectivity index (χ3n) is 4.84. The number of piperazine rings is 1. The molecule has 0 aliphatic carbocycles. The van der Waals surface area contributed by atoms with Crippen LogP contribution in [0.15, 0.2) is 36.8 Å². The number of anilines is 1. The van der Waals surface area contributed by atoms with E-state index in [-0.39, 0.29) is 18.4 Å². The molecule has 1 fully saturated rings. The van der Waals surface area contributed by atoms with Crippen molar-refractivity contribution < 1.29 is 19.1 Å². The summed E-state index contributed by atoms with van der Waals surface area (Å²) in [4.78, 5) is 36.6. The maximum Gasteiger partial charge on any atom is 0.274 e. The second-order valence-corrected chi connectivity index (χ2v) is 6.92. The highest BCUT2D eigenvalue weighted by Crippen LogP contribution is 2.32. The quantitative estimate of drug-likeness (QED) is 0.823. The Morgan fingerprint density at radius 2 is 1.83 bits per heavy atom. The fraction of sp³-hybridized carbons (Fsp3) is 0.400. The number of aromatic nitrogens is 2. The molecule has 1 aromatic heterocycles. The van der Waals surface area contributed by atoms with E-state index in [0.717, 1.165) is 6.42 Å². The Morgan fingerprint density at radius 1 is 1.03 bits per heavy atom. The average Bonchev–Trinajstić information content (AvgIpc) is 2.99. The molecule has 3 heterocycles. The number of amides is 2. The molecule has 9 heteroatoms. The summed E-state index contributed by atoms with van der Waals surface area (Å²) in [5.74, 6) is 1.11. The van der Waals surface area contributed by atoms with Crippen LogP contribution in [0.2, 0.25) is 0 Å². The molecule has 1 N–H and O–H groups in total. The van der Waals surface area contributed by atoms with Crippen LogP contribution in [0.5, 0.6) is 11.5 Å². The fourth-order valence-corrected chi connectivity index (χ4v) is 3.33. The minimum absolute atomic E-state index is 0.104. The van der Waals surface area contributed by atoms with Crippen LogP contribution < -0.4 is 14.8 Å². The number of hydrogen-bond acceptors (Lipinski definition) is 7. The van der Waals surface area contributed by atoms with Crippen LogP contribution in [0.25, 0.3) is 0 Å². The second-order valence-electron chi connectivity index (χ2n) is 6.92. The molecule has 2 aliphatic rings. The molecule has 2 aliphatic heterocycles. The predicted molar refractivity (Wildman–Crippen MR) is 105 cm³/mol. The van der Waals surface area contributed by atoms with E-state index >= 15 is 0 Å². The van der Waals surface area contributed by atoms with Gasteiger partial charge in [0.1, 0.15) is 5.69 Å². The SMILES string of the molecule is O=C(CN1CCN(C(=O)c2cnccn2)CC1)Nc1ccc2c(c1)OCCCO2. The van der Waals surface area contributed by atoms with Gasteiger partial charge in [0.2, 0.25) is 5.91 Å². The lowest BCUT2D eigenvalue weighted by Gasteiger charge is -2.34. The Morgan fingerprint density at radius 3 is 2.59 bits per heavy atom. The Balaban J connectivity index is 1.27. The zero-order valence-corrected chi connectivity index (χ0v) is 16.0. The normalized spacial score (nSPS) is 16.8. The van der Waals surface area contributed by atoms with Gasteiger partial charge >= 0.3 is 0 Å². The van der Waals surface area contributed by atoms with Gasteiger partial charge in [0.25, 0.3) is 5.91 Å². The summed E-state index contributed by atoms with van der Waals surface area (Å²) < 4.78 is 11.3. The van der Waals surface area contributed by atoms with Gasteiger partial charge in [-0.25, -0.2) is 4.98 Å². The van der Waals surface area contributed by atoms with Crippen LogP contribution in [-0.4, -0.2) is 77.5 Å². The van der Waals surface area contributed by atoms with Crippen molar-refractivity contribution in [2.75, 3.05) is 51.3 Å². The fourth-order valence-electron chi connectivity index (χ4n) is 3.33. The number of nitrogens with one attached hydrogen (secondary N) is 1. The highest BCUT2D eigenvalue weighted by Gasteiger charge is 2.24. The average molecular weight is 397 g/mol. The first-order valence-corrected chi connectivity index (χ1v) is 9.66. The Kier molecular flexibility index (Phi) is 5.85. The topological polar surface area (TPSA) is 96.9 Å². The van der Waals surface area contributed by atoms with E-state index in [1.54, 1.807) is 11.0 Å². The molecule has 152 valence electrons. The summed E-state index contributed by atoms with van der Waals surface area (Å²) in [6.45, 7) is 3.84. The molecule has 2 amide bonds. The molecule has 9 nitrogen and oxygen atoms in total. The maximum atomic E-state index is 12.4. The molecule has 2 aromatic rings. The zero-order valence-electron chi connectivity index (χ0n) is 16.0. The molecule has 0 atom stereocenters. The standard InChI is InChI=1S/C20H23N5O4/c26-19(23-15-2-3-17-18(12-15)29-11-1-10-28-17)14-24-6-8-25(9-7-24)20(27)16-13-21-4-5-22-16/h2-5,12-13H,1,6-11,14H2,(H,23,26). The molecule has 0 radical (unpaired) electrons. The molecule has 29 heavy (non-hydrogen) atoms. The molecule has 0 unspecified atom stereocenters. The van der Waals surface area contributed by atoms with Crippen LogP contribution >= 0.6 is 0 Å². The minimum Gasteiger partial charge on any atom is -0.490 e. The molecular weight excluding hydrogens is 374 g/mol. The third kappa shape index (κ3) is 4.80. The smallest absolute Gasteiger partial charge is 0.274 e. The van der Waals surface area contributed by atoms with E-state index in [0.29, 0.717) is 62.3 Å². The molecule has 1 aromatic carbocycles. The summed E-state index contributed by atoms with van der Waals surface area (Å²) >= 11 is 0. The van der Waals surface area contributed by atoms with Gasteiger partial charge in [-0.2, -0.15) is 0 Å². The number of ether oxygens (including phenoxy) is 2. The third-order valence-corrected chi connectivity index (χ3v) is 4.84. The second kappa shape index (κ2) is 8.87. The Labute approximate surface area is 168 Å². The number of fused-ring (bicyclic) bond motifs is 1. The molecule has 1 saturated heterocycles. The highest BCUT2D eigenvalue weighted by molar-refractivity contribution is 5.93. The number of rotatable bonds is 4. The van der Waals surface area contributed by atoms with Crippen molar-refractivity contribution in [1.29, 1.82) is 0 Å². The van der Waals surface area contributed by atoms with Crippen molar-refractivity contribution in [2.24, 2.45) is 0 Å². The van der Waals surface area contributed by atoms with Crippen LogP contribution in [0.4, 0.5) is 5.69 Å². The monoisotopic (exact) mass is 397 g/mol. The van der Waals surface area contributed by atoms with E-state index in [1.807, 2.05) is 17.0 Å². The first-order chi connectivity index (χ1) is 14.2. The summed E-state index contributed by atoms with van der Waals surface area (Å²) in [5, 5.41) is 2.90. The van der Waals surface area contributed by atoms with Crippen molar-refractivity contribution in [3.05, 3.63) is 42.5 Å². The van der Waals surface area contributed by atoms with Gasteiger partial charge in [-0.15, -0.1) is 0 Å². The molecular formula is C20H23N5O4. The summed E-state index contributed by atoms with van der Waals surface area (Å²) in [5.41, 5.74) is 1.02. The summed E-state index contributed by atoms with van der Waals surface area (Å²) in [6.07, 6.45) is 5.35. The van der Waals surface area contributed by atoms with Crippen molar-refractivity contribution in [3.8, 4) is 11.5 Å². The first-order valence-electron chi connectivity index (χ1n) is 9.66. The van der Waals surface area contributed by atoms with E-state index in [1.165, 1.54) is 18.6 Å². The van der Waals surface area contributed by atoms with Gasteiger partial charge in [0.15, 0.2) is 11.5 Å². The maximum absolute atomic E-state index is 12.4. The summed E-state index contributed by atoms with van der Waals surface area (Å²) in [6, 6.07) is 5.41. The van der Waals surface area contributed by atoms with E-state index in [4.69, 9.17) is 9.47 Å². The number of carbonyl (C=O) groups excluding carboxylic acids is 2. The van der Waals surface area contributed by atoms with Crippen LogP contribution in [0.3, 0.4) is 0 Å². The lowest BCUT2D eigenvalue weighted by atomic mass is 10.2. The Bertz CT molecular complexity index is 868. The highest BCUT2D eigenvalue weighted by atomic mass is 16.5. The van der Waals surface area contributed by atoms with Crippen molar-refractivity contribution in [3.63, 3.8) is 0 Å². The van der Waals surface area contributed by atoms with Gasteiger partial charge in [0.05, 0.1) is 26.0 Å². The lowest BCUT2D eigenvalue weighted by Crippen LogP contribution is -2.50. The molecule has 4 rings (SSSR count). The van der Waals surface area contributed by atoms with Gasteiger partial charge in [0, 0.05) is 56.7 Å². The minimum atomic E-state index is -0.130. The van der Waals surface area contributed by atoms with Gasteiger partial charge in [-0.05, 0) is 12.1 Å². The van der Waals surface area contributed by atoms with E-state index in [9.17, 15) is 9.59 Å². The van der Waals surface area contributed by atoms with E-state index < -0.39 is 0 Å². The van der Waals surface area contributed by atoms with Crippen LogP contribution in [0.1, 0.15) is 16.9 Å². The molecule has 0 spiro atoms. The van der Waals surface area contributed by atoms with Crippen LogP contribution in [0, 0.1) is 0 Å². The number of hydrogen-bond donors (Lipinski definition) is 1. The van der Waals surface area contributed by atoms with E-state index in [2.05, 4.69) is 15.3 Å². The van der Waals surface area contributed by atoms with Crippen molar-refractivity contribution in [2.45, 2.75) is 6.42 Å². The van der Waals surface area contributed by atoms with Crippen molar-refractivity contribution >= 4 is 17.5 Å². The van der Waals surface area contributed by atoms with Crippen LogP contribution in [-0.2, 0) is 4.79 Å². The van der Waals surface area contributed by atoms with Gasteiger partial charge in [-0.1, -0.05) is 0 Å². The Hall–Kier alpha value is -3.20.